The number of carbonyl (C=O) groups is 3. The average Bonchev–Trinajstić information content (AvgIpc) is 2.87. The second-order valence-corrected chi connectivity index (χ2v) is 5.55. The number of H-pyrrole nitrogens is 1. The molecule has 1 aromatic rings. The van der Waals surface area contributed by atoms with Crippen LogP contribution in [-0.4, -0.2) is 44.9 Å². The molecule has 0 bridgehead atoms. The van der Waals surface area contributed by atoms with E-state index in [4.69, 9.17) is 9.90 Å². The van der Waals surface area contributed by atoms with Gasteiger partial charge in [0.2, 0.25) is 11.8 Å². The first-order valence-electron chi connectivity index (χ1n) is 7.07. The average molecular weight is 310 g/mol. The predicted molar refractivity (Wildman–Crippen MR) is 78.9 cm³/mol. The third-order valence-electron chi connectivity index (χ3n) is 2.95. The van der Waals surface area contributed by atoms with E-state index < -0.39 is 18.1 Å². The second-order valence-electron chi connectivity index (χ2n) is 5.55. The topological polar surface area (TPSA) is 124 Å². The second kappa shape index (κ2) is 8.16. The lowest BCUT2D eigenvalue weighted by atomic mass is 9.99. The van der Waals surface area contributed by atoms with Gasteiger partial charge in [-0.25, -0.2) is 4.98 Å². The van der Waals surface area contributed by atoms with Crippen molar-refractivity contribution in [3.8, 4) is 0 Å². The maximum Gasteiger partial charge on any atom is 0.300 e. The molecule has 22 heavy (non-hydrogen) atoms. The summed E-state index contributed by atoms with van der Waals surface area (Å²) in [6.07, 6.45) is 4.30. The third kappa shape index (κ3) is 5.94. The number of hydrogen-bond acceptors (Lipinski definition) is 4. The standard InChI is InChI=1S/C12H18N4O2.C2H4O2/c1-7(2)3-9-11(17)16-10(12(18)15-9)4-8-5-13-6-14-8;1-2(3)4/h5-7,9-10H,3-4H2,1-2H3,(H,13,14)(H,15,18)(H,16,17);1H3,(H,3,4)/t9-,10-;/m0./s1. The molecule has 2 amide bonds. The van der Waals surface area contributed by atoms with Crippen LogP contribution in [0, 0.1) is 5.92 Å². The van der Waals surface area contributed by atoms with Crippen LogP contribution in [0.2, 0.25) is 0 Å². The Hall–Kier alpha value is -2.38. The van der Waals surface area contributed by atoms with Crippen LogP contribution in [0.25, 0.3) is 0 Å². The Kier molecular flexibility index (Phi) is 6.55. The largest absolute Gasteiger partial charge is 0.481 e. The fourth-order valence-electron chi connectivity index (χ4n) is 2.07. The first-order chi connectivity index (χ1) is 10.3. The normalized spacial score (nSPS) is 20.7. The number of carbonyl (C=O) groups excluding carboxylic acids is 2. The van der Waals surface area contributed by atoms with E-state index in [1.807, 2.05) is 13.8 Å². The van der Waals surface area contributed by atoms with Crippen LogP contribution in [0.1, 0.15) is 32.9 Å². The van der Waals surface area contributed by atoms with Gasteiger partial charge in [-0.15, -0.1) is 0 Å². The number of nitrogens with zero attached hydrogens (tertiary/aromatic N) is 1. The van der Waals surface area contributed by atoms with Gasteiger partial charge in [0.15, 0.2) is 0 Å². The predicted octanol–water partition coefficient (Wildman–Crippen LogP) is 0.0724. The van der Waals surface area contributed by atoms with Crippen molar-refractivity contribution in [2.24, 2.45) is 5.92 Å². The molecule has 0 aliphatic carbocycles. The van der Waals surface area contributed by atoms with Crippen LogP contribution < -0.4 is 10.6 Å². The fraction of sp³-hybridized carbons (Fsp3) is 0.571. The van der Waals surface area contributed by atoms with Gasteiger partial charge in [-0.05, 0) is 12.3 Å². The zero-order valence-electron chi connectivity index (χ0n) is 12.9. The van der Waals surface area contributed by atoms with Crippen molar-refractivity contribution in [1.29, 1.82) is 0 Å². The number of carboxylic acids is 1. The van der Waals surface area contributed by atoms with Crippen molar-refractivity contribution in [3.05, 3.63) is 18.2 Å². The Morgan fingerprint density at radius 3 is 2.32 bits per heavy atom. The van der Waals surface area contributed by atoms with Crippen LogP contribution in [0.5, 0.6) is 0 Å². The number of aromatic nitrogens is 2. The molecular formula is C14H22N4O4. The lowest BCUT2D eigenvalue weighted by molar-refractivity contribution is -0.137. The summed E-state index contributed by atoms with van der Waals surface area (Å²) in [4.78, 5) is 39.6. The van der Waals surface area contributed by atoms with Gasteiger partial charge >= 0.3 is 0 Å². The Morgan fingerprint density at radius 1 is 1.27 bits per heavy atom. The highest BCUT2D eigenvalue weighted by Crippen LogP contribution is 2.10. The number of hydrogen-bond donors (Lipinski definition) is 4. The van der Waals surface area contributed by atoms with E-state index in [-0.39, 0.29) is 11.8 Å². The van der Waals surface area contributed by atoms with E-state index in [1.165, 1.54) is 0 Å². The van der Waals surface area contributed by atoms with Crippen molar-refractivity contribution in [2.45, 2.75) is 45.7 Å². The zero-order valence-corrected chi connectivity index (χ0v) is 12.9. The first kappa shape index (κ1) is 17.7. The molecule has 1 aliphatic heterocycles. The lowest BCUT2D eigenvalue weighted by Crippen LogP contribution is -2.62. The lowest BCUT2D eigenvalue weighted by Gasteiger charge is -2.30. The van der Waals surface area contributed by atoms with Gasteiger partial charge in [-0.1, -0.05) is 13.8 Å². The highest BCUT2D eigenvalue weighted by Gasteiger charge is 2.33. The van der Waals surface area contributed by atoms with Gasteiger partial charge < -0.3 is 20.7 Å². The van der Waals surface area contributed by atoms with E-state index in [2.05, 4.69) is 20.6 Å². The highest BCUT2D eigenvalue weighted by molar-refractivity contribution is 5.97. The maximum absolute atomic E-state index is 11.9. The summed E-state index contributed by atoms with van der Waals surface area (Å²) in [5.74, 6) is -0.701. The molecule has 0 spiro atoms. The summed E-state index contributed by atoms with van der Waals surface area (Å²) >= 11 is 0. The molecule has 4 N–H and O–H groups in total. The smallest absolute Gasteiger partial charge is 0.300 e. The molecule has 1 aliphatic rings. The molecule has 0 saturated carbocycles. The molecule has 0 radical (unpaired) electrons. The zero-order chi connectivity index (χ0) is 16.7. The summed E-state index contributed by atoms with van der Waals surface area (Å²) in [6, 6.07) is -0.920. The van der Waals surface area contributed by atoms with Gasteiger partial charge in [-0.2, -0.15) is 0 Å². The summed E-state index contributed by atoms with van der Waals surface area (Å²) in [6.45, 7) is 5.13. The SMILES string of the molecule is CC(=O)O.CC(C)C[C@@H]1NC(=O)[C@H](Cc2cnc[nH]2)NC1=O. The minimum absolute atomic E-state index is 0.104. The van der Waals surface area contributed by atoms with Gasteiger partial charge in [-0.3, -0.25) is 14.4 Å². The first-order valence-corrected chi connectivity index (χ1v) is 7.07. The molecule has 2 atom stereocenters. The fourth-order valence-corrected chi connectivity index (χ4v) is 2.07. The minimum atomic E-state index is -0.833. The van der Waals surface area contributed by atoms with E-state index in [9.17, 15) is 9.59 Å². The summed E-state index contributed by atoms with van der Waals surface area (Å²) < 4.78 is 0. The molecule has 2 rings (SSSR count). The van der Waals surface area contributed by atoms with Gasteiger partial charge in [0.05, 0.1) is 6.33 Å². The van der Waals surface area contributed by atoms with Crippen molar-refractivity contribution in [2.75, 3.05) is 0 Å². The van der Waals surface area contributed by atoms with Gasteiger partial charge in [0.1, 0.15) is 12.1 Å². The van der Waals surface area contributed by atoms with Crippen LogP contribution in [0.15, 0.2) is 12.5 Å². The molecule has 1 aromatic heterocycles. The molecule has 8 heteroatoms. The summed E-state index contributed by atoms with van der Waals surface area (Å²) in [7, 11) is 0. The quantitative estimate of drug-likeness (QED) is 0.626. The highest BCUT2D eigenvalue weighted by atomic mass is 16.4. The molecule has 8 nitrogen and oxygen atoms in total. The maximum atomic E-state index is 11.9. The molecule has 0 unspecified atom stereocenters. The molecular weight excluding hydrogens is 288 g/mol. The molecule has 122 valence electrons. The van der Waals surface area contributed by atoms with E-state index >= 15 is 0 Å². The number of aliphatic carboxylic acids is 1. The minimum Gasteiger partial charge on any atom is -0.481 e. The van der Waals surface area contributed by atoms with Crippen molar-refractivity contribution in [1.82, 2.24) is 20.6 Å². The number of amides is 2. The molecule has 0 aromatic carbocycles. The number of carboxylic acid groups (broad SMARTS) is 1. The summed E-state index contributed by atoms with van der Waals surface area (Å²) in [5.41, 5.74) is 0.831. The molecule has 1 saturated heterocycles. The van der Waals surface area contributed by atoms with Gasteiger partial charge in [0.25, 0.3) is 5.97 Å². The van der Waals surface area contributed by atoms with Crippen molar-refractivity contribution in [3.63, 3.8) is 0 Å². The Morgan fingerprint density at radius 2 is 1.82 bits per heavy atom. The Labute approximate surface area is 128 Å². The van der Waals surface area contributed by atoms with Crippen molar-refractivity contribution < 1.29 is 19.5 Å². The number of rotatable bonds is 4. The number of nitrogens with one attached hydrogen (secondary N) is 3. The number of piperazine rings is 1. The van der Waals surface area contributed by atoms with E-state index in [1.54, 1.807) is 12.5 Å². The van der Waals surface area contributed by atoms with Crippen LogP contribution >= 0.6 is 0 Å². The van der Waals surface area contributed by atoms with Crippen LogP contribution in [0.3, 0.4) is 0 Å². The van der Waals surface area contributed by atoms with Crippen molar-refractivity contribution >= 4 is 17.8 Å². The Balaban J connectivity index is 0.000000541. The molecule has 1 fully saturated rings. The Bertz CT molecular complexity index is 509. The van der Waals surface area contributed by atoms with E-state index in [0.29, 0.717) is 18.8 Å². The third-order valence-corrected chi connectivity index (χ3v) is 2.95. The molecule has 2 heterocycles. The monoisotopic (exact) mass is 310 g/mol. The number of aromatic amines is 1. The summed E-state index contributed by atoms with van der Waals surface area (Å²) in [5, 5.41) is 13.0. The van der Waals surface area contributed by atoms with E-state index in [0.717, 1.165) is 12.6 Å². The van der Waals surface area contributed by atoms with Gasteiger partial charge in [0, 0.05) is 25.2 Å². The van der Waals surface area contributed by atoms with Crippen LogP contribution in [0.4, 0.5) is 0 Å². The number of imidazole rings is 1. The van der Waals surface area contributed by atoms with Crippen LogP contribution in [-0.2, 0) is 20.8 Å².